The second kappa shape index (κ2) is 5.27. The molecule has 0 spiro atoms. The molecule has 0 amide bonds. The number of aryl methyl sites for hydroxylation is 1. The standard InChI is InChI=1S/C12H16N2OS/c1-2-15-9-5-6-10-11(8-9)16-12(14-10)4-3-7-13/h5-6,8H,2-4,7,13H2,1H3. The predicted molar refractivity (Wildman–Crippen MR) is 68.2 cm³/mol. The van der Waals surface area contributed by atoms with Crippen LogP contribution in [0.2, 0.25) is 0 Å². The summed E-state index contributed by atoms with van der Waals surface area (Å²) in [6.07, 6.45) is 1.97. The van der Waals surface area contributed by atoms with Crippen molar-refractivity contribution in [2.24, 2.45) is 5.73 Å². The first-order valence-corrected chi connectivity index (χ1v) is 6.37. The van der Waals surface area contributed by atoms with Crippen LogP contribution in [-0.4, -0.2) is 18.1 Å². The second-order valence-corrected chi connectivity index (χ2v) is 4.68. The zero-order chi connectivity index (χ0) is 11.4. The fraction of sp³-hybridized carbons (Fsp3) is 0.417. The predicted octanol–water partition coefficient (Wildman–Crippen LogP) is 2.59. The molecule has 0 atom stereocenters. The van der Waals surface area contributed by atoms with E-state index in [0.717, 1.165) is 35.7 Å². The summed E-state index contributed by atoms with van der Waals surface area (Å²) in [4.78, 5) is 4.56. The Morgan fingerprint density at radius 3 is 3.06 bits per heavy atom. The first-order valence-electron chi connectivity index (χ1n) is 5.56. The number of ether oxygens (including phenoxy) is 1. The number of aromatic nitrogens is 1. The van der Waals surface area contributed by atoms with Crippen molar-refractivity contribution >= 4 is 21.6 Å². The lowest BCUT2D eigenvalue weighted by Crippen LogP contribution is -1.99. The highest BCUT2D eigenvalue weighted by Crippen LogP contribution is 2.26. The third kappa shape index (κ3) is 2.51. The smallest absolute Gasteiger partial charge is 0.120 e. The molecular formula is C12H16N2OS. The number of nitrogens with two attached hydrogens (primary N) is 1. The maximum Gasteiger partial charge on any atom is 0.120 e. The molecule has 2 aromatic rings. The van der Waals surface area contributed by atoms with E-state index < -0.39 is 0 Å². The lowest BCUT2D eigenvalue weighted by molar-refractivity contribution is 0.341. The van der Waals surface area contributed by atoms with Gasteiger partial charge in [0.15, 0.2) is 0 Å². The molecule has 4 heteroatoms. The molecule has 0 radical (unpaired) electrons. The van der Waals surface area contributed by atoms with Crippen molar-refractivity contribution in [3.05, 3.63) is 23.2 Å². The number of nitrogens with zero attached hydrogens (tertiary/aromatic N) is 1. The van der Waals surface area contributed by atoms with Gasteiger partial charge in [-0.05, 0) is 38.1 Å². The van der Waals surface area contributed by atoms with Gasteiger partial charge in [0.1, 0.15) is 5.75 Å². The van der Waals surface area contributed by atoms with Crippen molar-refractivity contribution in [3.63, 3.8) is 0 Å². The average Bonchev–Trinajstić information content (AvgIpc) is 2.68. The van der Waals surface area contributed by atoms with Gasteiger partial charge in [0.2, 0.25) is 0 Å². The Hall–Kier alpha value is -1.13. The number of fused-ring (bicyclic) bond motifs is 1. The largest absolute Gasteiger partial charge is 0.494 e. The van der Waals surface area contributed by atoms with Crippen molar-refractivity contribution in [2.75, 3.05) is 13.2 Å². The van der Waals surface area contributed by atoms with E-state index in [-0.39, 0.29) is 0 Å². The van der Waals surface area contributed by atoms with E-state index in [1.54, 1.807) is 11.3 Å². The highest BCUT2D eigenvalue weighted by atomic mass is 32.1. The molecule has 0 fully saturated rings. The summed E-state index contributed by atoms with van der Waals surface area (Å²) in [5.41, 5.74) is 6.55. The van der Waals surface area contributed by atoms with Crippen LogP contribution in [0.3, 0.4) is 0 Å². The number of thiazole rings is 1. The molecule has 0 aliphatic carbocycles. The van der Waals surface area contributed by atoms with Gasteiger partial charge in [0.05, 0.1) is 21.8 Å². The van der Waals surface area contributed by atoms with E-state index in [9.17, 15) is 0 Å². The number of hydrogen-bond acceptors (Lipinski definition) is 4. The molecule has 0 aliphatic rings. The highest BCUT2D eigenvalue weighted by molar-refractivity contribution is 7.18. The van der Waals surface area contributed by atoms with Gasteiger partial charge in [-0.1, -0.05) is 0 Å². The van der Waals surface area contributed by atoms with Gasteiger partial charge in [-0.25, -0.2) is 4.98 Å². The second-order valence-electron chi connectivity index (χ2n) is 3.56. The quantitative estimate of drug-likeness (QED) is 0.868. The molecule has 0 aliphatic heterocycles. The Kier molecular flexibility index (Phi) is 3.74. The average molecular weight is 236 g/mol. The Morgan fingerprint density at radius 1 is 1.44 bits per heavy atom. The maximum atomic E-state index is 5.49. The lowest BCUT2D eigenvalue weighted by atomic mass is 10.3. The number of hydrogen-bond donors (Lipinski definition) is 1. The molecule has 1 heterocycles. The zero-order valence-corrected chi connectivity index (χ0v) is 10.2. The first kappa shape index (κ1) is 11.4. The lowest BCUT2D eigenvalue weighted by Gasteiger charge is -2.00. The van der Waals surface area contributed by atoms with Crippen LogP contribution in [-0.2, 0) is 6.42 Å². The van der Waals surface area contributed by atoms with E-state index in [1.165, 1.54) is 4.70 Å². The van der Waals surface area contributed by atoms with Crippen LogP contribution in [0.15, 0.2) is 18.2 Å². The van der Waals surface area contributed by atoms with Gasteiger partial charge < -0.3 is 10.5 Å². The van der Waals surface area contributed by atoms with Gasteiger partial charge in [-0.15, -0.1) is 11.3 Å². The van der Waals surface area contributed by atoms with Crippen molar-refractivity contribution in [3.8, 4) is 5.75 Å². The Morgan fingerprint density at radius 2 is 2.31 bits per heavy atom. The molecule has 0 saturated carbocycles. The normalized spacial score (nSPS) is 10.9. The van der Waals surface area contributed by atoms with Crippen molar-refractivity contribution < 1.29 is 4.74 Å². The van der Waals surface area contributed by atoms with E-state index in [4.69, 9.17) is 10.5 Å². The summed E-state index contributed by atoms with van der Waals surface area (Å²) in [6.45, 7) is 3.41. The summed E-state index contributed by atoms with van der Waals surface area (Å²) in [6, 6.07) is 6.05. The van der Waals surface area contributed by atoms with Crippen molar-refractivity contribution in [2.45, 2.75) is 19.8 Å². The van der Waals surface area contributed by atoms with Crippen molar-refractivity contribution in [1.29, 1.82) is 0 Å². The Labute approximate surface area is 99.3 Å². The maximum absolute atomic E-state index is 5.49. The molecule has 3 nitrogen and oxygen atoms in total. The minimum absolute atomic E-state index is 0.699. The molecule has 2 rings (SSSR count). The fourth-order valence-electron chi connectivity index (χ4n) is 1.57. The van der Waals surface area contributed by atoms with Crippen LogP contribution in [0.5, 0.6) is 5.75 Å². The fourth-order valence-corrected chi connectivity index (χ4v) is 2.61. The molecule has 0 saturated heterocycles. The highest BCUT2D eigenvalue weighted by Gasteiger charge is 2.04. The van der Waals surface area contributed by atoms with E-state index in [1.807, 2.05) is 19.1 Å². The third-order valence-corrected chi connectivity index (χ3v) is 3.39. The van der Waals surface area contributed by atoms with Crippen molar-refractivity contribution in [1.82, 2.24) is 4.98 Å². The molecule has 86 valence electrons. The van der Waals surface area contributed by atoms with E-state index in [2.05, 4.69) is 11.1 Å². The summed E-state index contributed by atoms with van der Waals surface area (Å²) >= 11 is 1.73. The Bertz CT molecular complexity index is 467. The third-order valence-electron chi connectivity index (χ3n) is 2.31. The molecular weight excluding hydrogens is 220 g/mol. The van der Waals surface area contributed by atoms with Gasteiger partial charge in [-0.3, -0.25) is 0 Å². The first-order chi connectivity index (χ1) is 7.83. The van der Waals surface area contributed by atoms with Gasteiger partial charge in [0.25, 0.3) is 0 Å². The van der Waals surface area contributed by atoms with E-state index in [0.29, 0.717) is 6.61 Å². The van der Waals surface area contributed by atoms with E-state index >= 15 is 0 Å². The van der Waals surface area contributed by atoms with Crippen LogP contribution in [0, 0.1) is 0 Å². The summed E-state index contributed by atoms with van der Waals surface area (Å²) in [5.74, 6) is 0.920. The van der Waals surface area contributed by atoms with Gasteiger partial charge >= 0.3 is 0 Å². The monoisotopic (exact) mass is 236 g/mol. The summed E-state index contributed by atoms with van der Waals surface area (Å²) in [7, 11) is 0. The molecule has 2 N–H and O–H groups in total. The van der Waals surface area contributed by atoms with Gasteiger partial charge in [-0.2, -0.15) is 0 Å². The minimum Gasteiger partial charge on any atom is -0.494 e. The summed E-state index contributed by atoms with van der Waals surface area (Å²) in [5, 5.41) is 1.16. The molecule has 1 aromatic carbocycles. The van der Waals surface area contributed by atoms with Crippen LogP contribution < -0.4 is 10.5 Å². The van der Waals surface area contributed by atoms with Crippen LogP contribution >= 0.6 is 11.3 Å². The minimum atomic E-state index is 0.699. The zero-order valence-electron chi connectivity index (χ0n) is 9.40. The van der Waals surface area contributed by atoms with Crippen LogP contribution in [0.4, 0.5) is 0 Å². The van der Waals surface area contributed by atoms with Crippen LogP contribution in [0.25, 0.3) is 10.2 Å². The summed E-state index contributed by atoms with van der Waals surface area (Å²) < 4.78 is 6.66. The molecule has 16 heavy (non-hydrogen) atoms. The molecule has 0 bridgehead atoms. The molecule has 1 aromatic heterocycles. The topological polar surface area (TPSA) is 48.1 Å². The molecule has 0 unspecified atom stereocenters. The van der Waals surface area contributed by atoms with Crippen LogP contribution in [0.1, 0.15) is 18.4 Å². The SMILES string of the molecule is CCOc1ccc2nc(CCCN)sc2c1. The Balaban J connectivity index is 2.23. The number of benzene rings is 1. The van der Waals surface area contributed by atoms with Gasteiger partial charge in [0, 0.05) is 6.42 Å². The number of rotatable bonds is 5.